The molecule has 2 aromatic heterocycles. The summed E-state index contributed by atoms with van der Waals surface area (Å²) in [5.41, 5.74) is 3.55. The van der Waals surface area contributed by atoms with Crippen molar-refractivity contribution in [1.82, 2.24) is 4.98 Å². The molecular weight excluding hydrogens is 302 g/mol. The van der Waals surface area contributed by atoms with Gasteiger partial charge in [-0.3, -0.25) is 0 Å². The molecule has 0 atom stereocenters. The first-order valence-electron chi connectivity index (χ1n) is 6.43. The van der Waals surface area contributed by atoms with Gasteiger partial charge in [0.05, 0.1) is 0 Å². The van der Waals surface area contributed by atoms with Crippen molar-refractivity contribution in [2.75, 3.05) is 0 Å². The third-order valence-electron chi connectivity index (χ3n) is 2.93. The van der Waals surface area contributed by atoms with Crippen molar-refractivity contribution in [1.29, 1.82) is 0 Å². The van der Waals surface area contributed by atoms with E-state index in [1.165, 1.54) is 11.3 Å². The molecule has 0 bridgehead atoms. The number of carbonyl (C=O) groups excluding carboxylic acids is 1. The van der Waals surface area contributed by atoms with Gasteiger partial charge in [0, 0.05) is 16.3 Å². The number of nitrogens with zero attached hydrogens (tertiary/aromatic N) is 1. The molecule has 0 radical (unpaired) electrons. The topological polar surface area (TPSA) is 39.2 Å². The van der Waals surface area contributed by atoms with Crippen LogP contribution in [0.2, 0.25) is 0 Å². The third-order valence-corrected chi connectivity index (χ3v) is 4.51. The van der Waals surface area contributed by atoms with Crippen LogP contribution < -0.4 is 0 Å². The first-order valence-corrected chi connectivity index (χ1v) is 8.25. The van der Waals surface area contributed by atoms with Crippen molar-refractivity contribution in [2.45, 2.75) is 13.5 Å². The lowest BCUT2D eigenvalue weighted by atomic mass is 10.1. The summed E-state index contributed by atoms with van der Waals surface area (Å²) in [6.45, 7) is 2.28. The van der Waals surface area contributed by atoms with Gasteiger partial charge in [-0.15, -0.1) is 11.3 Å². The largest absolute Gasteiger partial charge is 0.456 e. The van der Waals surface area contributed by atoms with Gasteiger partial charge in [-0.25, -0.2) is 9.78 Å². The first-order chi connectivity index (χ1) is 10.2. The van der Waals surface area contributed by atoms with E-state index < -0.39 is 0 Å². The number of hydrogen-bond acceptors (Lipinski definition) is 5. The van der Waals surface area contributed by atoms with Crippen molar-refractivity contribution in [3.63, 3.8) is 0 Å². The standard InChI is InChI=1S/C16H13NO2S2/c1-11-3-2-4-12(7-11)8-19-16(18)14-10-21-15(17-14)13-5-6-20-9-13/h2-7,9-10H,8H2,1H3. The van der Waals surface area contributed by atoms with E-state index in [1.54, 1.807) is 16.7 Å². The minimum Gasteiger partial charge on any atom is -0.456 e. The van der Waals surface area contributed by atoms with E-state index in [4.69, 9.17) is 4.74 Å². The van der Waals surface area contributed by atoms with Crippen LogP contribution in [0, 0.1) is 6.92 Å². The number of aromatic nitrogens is 1. The molecule has 0 unspecified atom stereocenters. The summed E-state index contributed by atoms with van der Waals surface area (Å²) in [5, 5.41) is 6.59. The molecule has 3 nitrogen and oxygen atoms in total. The lowest BCUT2D eigenvalue weighted by molar-refractivity contribution is 0.0466. The lowest BCUT2D eigenvalue weighted by Gasteiger charge is -2.03. The number of hydrogen-bond donors (Lipinski definition) is 0. The summed E-state index contributed by atoms with van der Waals surface area (Å²) in [6, 6.07) is 9.91. The summed E-state index contributed by atoms with van der Waals surface area (Å²) >= 11 is 3.07. The number of thiazole rings is 1. The maximum Gasteiger partial charge on any atom is 0.358 e. The highest BCUT2D eigenvalue weighted by atomic mass is 32.1. The fourth-order valence-corrected chi connectivity index (χ4v) is 3.41. The highest BCUT2D eigenvalue weighted by Crippen LogP contribution is 2.26. The average Bonchev–Trinajstić information content (AvgIpc) is 3.15. The fraction of sp³-hybridized carbons (Fsp3) is 0.125. The molecule has 0 aliphatic carbocycles. The predicted octanol–water partition coefficient (Wildman–Crippen LogP) is 4.54. The van der Waals surface area contributed by atoms with Gasteiger partial charge in [0.2, 0.25) is 0 Å². The van der Waals surface area contributed by atoms with Gasteiger partial charge in [-0.2, -0.15) is 11.3 Å². The molecule has 0 saturated carbocycles. The molecule has 3 rings (SSSR count). The van der Waals surface area contributed by atoms with Crippen molar-refractivity contribution >= 4 is 28.6 Å². The number of thiophene rings is 1. The predicted molar refractivity (Wildman–Crippen MR) is 85.7 cm³/mol. The first kappa shape index (κ1) is 14.0. The second kappa shape index (κ2) is 6.20. The summed E-state index contributed by atoms with van der Waals surface area (Å²) in [5.74, 6) is -0.380. The monoisotopic (exact) mass is 315 g/mol. The number of aryl methyl sites for hydroxylation is 1. The molecule has 5 heteroatoms. The third kappa shape index (κ3) is 3.37. The zero-order valence-electron chi connectivity index (χ0n) is 11.4. The van der Waals surface area contributed by atoms with Gasteiger partial charge < -0.3 is 4.74 Å². The van der Waals surface area contributed by atoms with Crippen LogP contribution in [0.4, 0.5) is 0 Å². The molecule has 0 spiro atoms. The number of rotatable bonds is 4. The number of ether oxygens (including phenoxy) is 1. The Bertz CT molecular complexity index is 747. The van der Waals surface area contributed by atoms with Gasteiger partial charge in [0.1, 0.15) is 11.6 Å². The second-order valence-corrected chi connectivity index (χ2v) is 6.25. The molecular formula is C16H13NO2S2. The van der Waals surface area contributed by atoms with Crippen molar-refractivity contribution in [3.8, 4) is 10.6 Å². The van der Waals surface area contributed by atoms with Crippen LogP contribution in [0.15, 0.2) is 46.5 Å². The van der Waals surface area contributed by atoms with Crippen LogP contribution in [0.5, 0.6) is 0 Å². The van der Waals surface area contributed by atoms with E-state index >= 15 is 0 Å². The highest BCUT2D eigenvalue weighted by molar-refractivity contribution is 7.14. The quantitative estimate of drug-likeness (QED) is 0.664. The van der Waals surface area contributed by atoms with Crippen LogP contribution in [-0.2, 0) is 11.3 Å². The number of esters is 1. The molecule has 1 aromatic carbocycles. The van der Waals surface area contributed by atoms with E-state index in [2.05, 4.69) is 4.98 Å². The van der Waals surface area contributed by atoms with E-state index in [9.17, 15) is 4.79 Å². The summed E-state index contributed by atoms with van der Waals surface area (Å²) in [7, 11) is 0. The highest BCUT2D eigenvalue weighted by Gasteiger charge is 2.13. The Morgan fingerprint density at radius 3 is 2.95 bits per heavy atom. The van der Waals surface area contributed by atoms with Gasteiger partial charge in [0.15, 0.2) is 5.69 Å². The van der Waals surface area contributed by atoms with Crippen LogP contribution in [0.3, 0.4) is 0 Å². The number of carbonyl (C=O) groups is 1. The fourth-order valence-electron chi connectivity index (χ4n) is 1.91. The van der Waals surface area contributed by atoms with E-state index in [-0.39, 0.29) is 12.6 Å². The maximum absolute atomic E-state index is 12.0. The molecule has 21 heavy (non-hydrogen) atoms. The van der Waals surface area contributed by atoms with Gasteiger partial charge >= 0.3 is 5.97 Å². The normalized spacial score (nSPS) is 10.5. The van der Waals surface area contributed by atoms with Gasteiger partial charge in [-0.05, 0) is 23.9 Å². The van der Waals surface area contributed by atoms with Crippen LogP contribution in [0.25, 0.3) is 10.6 Å². The molecule has 0 aliphatic heterocycles. The minimum absolute atomic E-state index is 0.270. The SMILES string of the molecule is Cc1cccc(COC(=O)c2csc(-c3ccsc3)n2)c1. The molecule has 106 valence electrons. The number of benzene rings is 1. The Hall–Kier alpha value is -1.98. The van der Waals surface area contributed by atoms with Crippen molar-refractivity contribution in [2.24, 2.45) is 0 Å². The molecule has 0 aliphatic rings. The summed E-state index contributed by atoms with van der Waals surface area (Å²) in [4.78, 5) is 16.3. The Morgan fingerprint density at radius 2 is 2.19 bits per heavy atom. The molecule has 0 N–H and O–H groups in total. The van der Waals surface area contributed by atoms with Crippen LogP contribution in [-0.4, -0.2) is 11.0 Å². The Kier molecular flexibility index (Phi) is 4.13. The summed E-state index contributed by atoms with van der Waals surface area (Å²) < 4.78 is 5.31. The molecule has 3 aromatic rings. The Balaban J connectivity index is 1.66. The molecule has 0 fully saturated rings. The lowest BCUT2D eigenvalue weighted by Crippen LogP contribution is -2.05. The zero-order chi connectivity index (χ0) is 14.7. The smallest absolute Gasteiger partial charge is 0.358 e. The molecule has 0 amide bonds. The van der Waals surface area contributed by atoms with Gasteiger partial charge in [-0.1, -0.05) is 29.8 Å². The van der Waals surface area contributed by atoms with Crippen molar-refractivity contribution < 1.29 is 9.53 Å². The molecule has 2 heterocycles. The minimum atomic E-state index is -0.380. The van der Waals surface area contributed by atoms with Crippen LogP contribution >= 0.6 is 22.7 Å². The molecule has 0 saturated heterocycles. The van der Waals surface area contributed by atoms with E-state index in [0.29, 0.717) is 5.69 Å². The Morgan fingerprint density at radius 1 is 1.29 bits per heavy atom. The van der Waals surface area contributed by atoms with Crippen molar-refractivity contribution in [3.05, 3.63) is 63.3 Å². The second-order valence-electron chi connectivity index (χ2n) is 4.62. The van der Waals surface area contributed by atoms with E-state index in [0.717, 1.165) is 21.7 Å². The average molecular weight is 315 g/mol. The zero-order valence-corrected chi connectivity index (χ0v) is 13.0. The summed E-state index contributed by atoms with van der Waals surface area (Å²) in [6.07, 6.45) is 0. The van der Waals surface area contributed by atoms with Crippen LogP contribution in [0.1, 0.15) is 21.6 Å². The Labute approximate surface area is 130 Å². The van der Waals surface area contributed by atoms with E-state index in [1.807, 2.05) is 48.0 Å². The maximum atomic E-state index is 12.0. The van der Waals surface area contributed by atoms with Gasteiger partial charge in [0.25, 0.3) is 0 Å².